The number of rotatable bonds is 10. The lowest BCUT2D eigenvalue weighted by molar-refractivity contribution is -0.191. The van der Waals surface area contributed by atoms with Gasteiger partial charge in [0.1, 0.15) is 13.2 Å². The van der Waals surface area contributed by atoms with Gasteiger partial charge in [0.05, 0.1) is 7.11 Å². The van der Waals surface area contributed by atoms with E-state index in [1.54, 1.807) is 0 Å². The molecule has 12 heteroatoms. The molecule has 0 aromatic heterocycles. The van der Waals surface area contributed by atoms with Crippen molar-refractivity contribution in [3.05, 3.63) is 0 Å². The van der Waals surface area contributed by atoms with Crippen LogP contribution in [0.25, 0.3) is 0 Å². The minimum Gasteiger partial charge on any atom is -0.468 e. The fourth-order valence-corrected chi connectivity index (χ4v) is 1.91. The van der Waals surface area contributed by atoms with Gasteiger partial charge >= 0.3 is 29.8 Å². The number of amides is 1. The van der Waals surface area contributed by atoms with Crippen molar-refractivity contribution < 1.29 is 52.5 Å². The zero-order valence-corrected chi connectivity index (χ0v) is 16.1. The summed E-state index contributed by atoms with van der Waals surface area (Å²) in [5, 5.41) is 2.14. The molecule has 1 amide bonds. The Morgan fingerprint density at radius 1 is 0.786 bits per heavy atom. The maximum Gasteiger partial charge on any atom is 0.325 e. The van der Waals surface area contributed by atoms with E-state index < -0.39 is 67.2 Å². The summed E-state index contributed by atoms with van der Waals surface area (Å²) >= 11 is 0. The predicted octanol–water partition coefficient (Wildman–Crippen LogP) is -1.37. The third-order valence-corrected chi connectivity index (χ3v) is 2.92. The highest BCUT2D eigenvalue weighted by molar-refractivity contribution is 5.87. The van der Waals surface area contributed by atoms with Crippen LogP contribution in [0.5, 0.6) is 0 Å². The SMILES string of the molecule is COC(=O)CNC(=O)[C@@H](OC(C)=O)[C@H](OC(C)=O)[C@@H](COC(C)=O)OC(C)=O. The average Bonchev–Trinajstić information content (AvgIpc) is 2.58. The van der Waals surface area contributed by atoms with Crippen molar-refractivity contribution in [3.8, 4) is 0 Å². The van der Waals surface area contributed by atoms with Crippen LogP contribution >= 0.6 is 0 Å². The Kier molecular flexibility index (Phi) is 10.9. The molecule has 0 bridgehead atoms. The van der Waals surface area contributed by atoms with Gasteiger partial charge < -0.3 is 29.0 Å². The van der Waals surface area contributed by atoms with Crippen molar-refractivity contribution in [1.29, 1.82) is 0 Å². The summed E-state index contributed by atoms with van der Waals surface area (Å²) < 4.78 is 24.0. The Balaban J connectivity index is 5.79. The first-order chi connectivity index (χ1) is 13.0. The van der Waals surface area contributed by atoms with E-state index in [4.69, 9.17) is 18.9 Å². The van der Waals surface area contributed by atoms with Crippen molar-refractivity contribution in [3.63, 3.8) is 0 Å². The predicted molar refractivity (Wildman–Crippen MR) is 88.3 cm³/mol. The molecule has 0 fully saturated rings. The molecule has 12 nitrogen and oxygen atoms in total. The molecular formula is C16H23NO11. The van der Waals surface area contributed by atoms with Crippen molar-refractivity contribution in [1.82, 2.24) is 5.32 Å². The number of carbonyl (C=O) groups is 6. The van der Waals surface area contributed by atoms with E-state index in [0.717, 1.165) is 34.8 Å². The zero-order valence-electron chi connectivity index (χ0n) is 16.1. The van der Waals surface area contributed by atoms with Gasteiger partial charge in [0.2, 0.25) is 6.10 Å². The molecule has 0 heterocycles. The molecule has 0 rings (SSSR count). The van der Waals surface area contributed by atoms with E-state index in [0.29, 0.717) is 0 Å². The lowest BCUT2D eigenvalue weighted by Gasteiger charge is -2.30. The molecule has 0 aromatic carbocycles. The van der Waals surface area contributed by atoms with E-state index in [9.17, 15) is 28.8 Å². The first kappa shape index (κ1) is 24.8. The Hall–Kier alpha value is -3.18. The molecule has 0 aliphatic heterocycles. The van der Waals surface area contributed by atoms with Crippen LogP contribution in [0.4, 0.5) is 0 Å². The zero-order chi connectivity index (χ0) is 21.9. The summed E-state index contributed by atoms with van der Waals surface area (Å²) in [5.41, 5.74) is 0. The molecule has 0 saturated carbocycles. The van der Waals surface area contributed by atoms with Crippen LogP contribution in [-0.4, -0.2) is 74.3 Å². The monoisotopic (exact) mass is 405 g/mol. The number of ether oxygens (including phenoxy) is 5. The first-order valence-electron chi connectivity index (χ1n) is 7.97. The average molecular weight is 405 g/mol. The Bertz CT molecular complexity index is 616. The summed E-state index contributed by atoms with van der Waals surface area (Å²) in [6.07, 6.45) is -4.95. The Labute approximate surface area is 160 Å². The molecule has 0 radical (unpaired) electrons. The van der Waals surface area contributed by atoms with Gasteiger partial charge in [-0.1, -0.05) is 0 Å². The number of methoxy groups -OCH3 is 1. The quantitative estimate of drug-likeness (QED) is 0.337. The summed E-state index contributed by atoms with van der Waals surface area (Å²) in [7, 11) is 1.09. The minimum absolute atomic E-state index is 0.567. The number of hydrogen-bond acceptors (Lipinski definition) is 11. The van der Waals surface area contributed by atoms with Gasteiger partial charge in [-0.3, -0.25) is 28.8 Å². The summed E-state index contributed by atoms with van der Waals surface area (Å²) in [6.45, 7) is 2.94. The van der Waals surface area contributed by atoms with E-state index >= 15 is 0 Å². The lowest BCUT2D eigenvalue weighted by Crippen LogP contribution is -2.54. The summed E-state index contributed by atoms with van der Waals surface area (Å²) in [4.78, 5) is 69.0. The van der Waals surface area contributed by atoms with Gasteiger partial charge in [-0.25, -0.2) is 0 Å². The van der Waals surface area contributed by atoms with Gasteiger partial charge in [-0.05, 0) is 0 Å². The van der Waals surface area contributed by atoms with Crippen LogP contribution in [0.15, 0.2) is 0 Å². The van der Waals surface area contributed by atoms with Crippen LogP contribution in [0.1, 0.15) is 27.7 Å². The topological polar surface area (TPSA) is 161 Å². The highest BCUT2D eigenvalue weighted by atomic mass is 16.6. The van der Waals surface area contributed by atoms with Crippen molar-refractivity contribution in [2.75, 3.05) is 20.3 Å². The van der Waals surface area contributed by atoms with Gasteiger partial charge in [0.15, 0.2) is 12.2 Å². The number of carbonyl (C=O) groups excluding carboxylic acids is 6. The van der Waals surface area contributed by atoms with E-state index in [2.05, 4.69) is 10.1 Å². The van der Waals surface area contributed by atoms with E-state index in [1.807, 2.05) is 0 Å². The molecule has 0 aliphatic carbocycles. The summed E-state index contributed by atoms with van der Waals surface area (Å²) in [6, 6.07) is 0. The third-order valence-electron chi connectivity index (χ3n) is 2.92. The highest BCUT2D eigenvalue weighted by Gasteiger charge is 2.42. The van der Waals surface area contributed by atoms with E-state index in [-0.39, 0.29) is 0 Å². The molecule has 158 valence electrons. The maximum absolute atomic E-state index is 12.4. The highest BCUT2D eigenvalue weighted by Crippen LogP contribution is 2.15. The fourth-order valence-electron chi connectivity index (χ4n) is 1.91. The molecule has 0 saturated heterocycles. The molecule has 0 unspecified atom stereocenters. The van der Waals surface area contributed by atoms with Crippen LogP contribution < -0.4 is 5.32 Å². The Morgan fingerprint density at radius 2 is 1.32 bits per heavy atom. The minimum atomic E-state index is -1.81. The molecule has 0 spiro atoms. The van der Waals surface area contributed by atoms with E-state index in [1.165, 1.54) is 0 Å². The molecule has 3 atom stereocenters. The van der Waals surface area contributed by atoms with Crippen LogP contribution in [0.2, 0.25) is 0 Å². The second kappa shape index (κ2) is 12.3. The molecule has 0 aliphatic rings. The first-order valence-corrected chi connectivity index (χ1v) is 7.97. The normalized spacial score (nSPS) is 13.2. The largest absolute Gasteiger partial charge is 0.468 e. The molecule has 28 heavy (non-hydrogen) atoms. The molecular weight excluding hydrogens is 382 g/mol. The molecule has 0 aromatic rings. The standard InChI is InChI=1S/C16H23NO11/c1-8(18)25-7-12(26-9(2)19)14(27-10(3)20)15(28-11(4)21)16(23)17-6-13(22)24-5/h12,14-15H,6-7H2,1-5H3,(H,17,23)/t12-,14-,15+/m1/s1. The smallest absolute Gasteiger partial charge is 0.325 e. The number of hydrogen-bond donors (Lipinski definition) is 1. The van der Waals surface area contributed by atoms with Crippen molar-refractivity contribution in [2.45, 2.75) is 46.0 Å². The second-order valence-corrected chi connectivity index (χ2v) is 5.35. The van der Waals surface area contributed by atoms with Gasteiger partial charge in [-0.2, -0.15) is 0 Å². The van der Waals surface area contributed by atoms with Crippen LogP contribution in [0, 0.1) is 0 Å². The third kappa shape index (κ3) is 10.1. The lowest BCUT2D eigenvalue weighted by atomic mass is 10.1. The second-order valence-electron chi connectivity index (χ2n) is 5.35. The van der Waals surface area contributed by atoms with Gasteiger partial charge in [0, 0.05) is 27.7 Å². The summed E-state index contributed by atoms with van der Waals surface area (Å²) in [5.74, 6) is -5.24. The maximum atomic E-state index is 12.4. The van der Waals surface area contributed by atoms with Crippen LogP contribution in [0.3, 0.4) is 0 Å². The van der Waals surface area contributed by atoms with Crippen molar-refractivity contribution >= 4 is 35.8 Å². The van der Waals surface area contributed by atoms with Crippen molar-refractivity contribution in [2.24, 2.45) is 0 Å². The fraction of sp³-hybridized carbons (Fsp3) is 0.625. The Morgan fingerprint density at radius 3 is 1.75 bits per heavy atom. The van der Waals surface area contributed by atoms with Crippen LogP contribution in [-0.2, 0) is 52.5 Å². The molecule has 1 N–H and O–H groups in total. The van der Waals surface area contributed by atoms with Gasteiger partial charge in [0.25, 0.3) is 5.91 Å². The number of nitrogens with one attached hydrogen (secondary N) is 1. The van der Waals surface area contributed by atoms with Gasteiger partial charge in [-0.15, -0.1) is 0 Å². The number of esters is 5.